The van der Waals surface area contributed by atoms with Crippen LogP contribution >= 0.6 is 0 Å². The number of rotatable bonds is 7. The van der Waals surface area contributed by atoms with E-state index in [1.807, 2.05) is 0 Å². The molecule has 1 heterocycles. The van der Waals surface area contributed by atoms with Crippen molar-refractivity contribution in [1.82, 2.24) is 5.32 Å². The van der Waals surface area contributed by atoms with Crippen LogP contribution in [0.4, 0.5) is 11.4 Å². The van der Waals surface area contributed by atoms with Crippen LogP contribution in [0.3, 0.4) is 0 Å². The first-order valence-corrected chi connectivity index (χ1v) is 10.9. The molecule has 0 fully saturated rings. The van der Waals surface area contributed by atoms with Crippen molar-refractivity contribution in [2.24, 2.45) is 0 Å². The molecule has 0 bridgehead atoms. The van der Waals surface area contributed by atoms with E-state index < -0.39 is 33.4 Å². The Bertz CT molecular complexity index is 1070. The molecule has 1 atom stereocenters. The third-order valence-electron chi connectivity index (χ3n) is 4.46. The standard InChI is InChI=1S/C19H21N3O7S/c1-13(14-6-7-17-18(10-14)29-9-8-28-17)20-19(23)12-21(30(2,26)27)15-4-3-5-16(11-15)22(24)25/h3-7,10-11,13H,8-9,12H2,1-2H3,(H,20,23). The SMILES string of the molecule is CC(NC(=O)CN(c1cccc([N+](=O)[O-])c1)S(C)(=O)=O)c1ccc2c(c1)OCCO2. The maximum absolute atomic E-state index is 12.6. The van der Waals surface area contributed by atoms with Gasteiger partial charge in [0.1, 0.15) is 19.8 Å². The molecule has 1 aliphatic rings. The largest absolute Gasteiger partial charge is 0.486 e. The monoisotopic (exact) mass is 435 g/mol. The molecule has 1 unspecified atom stereocenters. The number of nitrogens with zero attached hydrogens (tertiary/aromatic N) is 2. The molecular weight excluding hydrogens is 414 g/mol. The minimum atomic E-state index is -3.85. The van der Waals surface area contributed by atoms with Crippen LogP contribution < -0.4 is 19.1 Å². The van der Waals surface area contributed by atoms with E-state index in [4.69, 9.17) is 9.47 Å². The van der Waals surface area contributed by atoms with Crippen molar-refractivity contribution in [2.45, 2.75) is 13.0 Å². The molecule has 0 saturated carbocycles. The number of fused-ring (bicyclic) bond motifs is 1. The minimum absolute atomic E-state index is 0.0360. The molecule has 2 aromatic carbocycles. The first kappa shape index (κ1) is 21.4. The third-order valence-corrected chi connectivity index (χ3v) is 5.60. The van der Waals surface area contributed by atoms with Gasteiger partial charge < -0.3 is 14.8 Å². The van der Waals surface area contributed by atoms with Crippen molar-refractivity contribution in [2.75, 3.05) is 30.3 Å². The lowest BCUT2D eigenvalue weighted by molar-refractivity contribution is -0.384. The number of amides is 1. The van der Waals surface area contributed by atoms with Gasteiger partial charge in [-0.1, -0.05) is 12.1 Å². The van der Waals surface area contributed by atoms with Gasteiger partial charge in [0, 0.05) is 12.1 Å². The zero-order chi connectivity index (χ0) is 21.9. The first-order valence-electron chi connectivity index (χ1n) is 9.06. The number of sulfonamides is 1. The van der Waals surface area contributed by atoms with Gasteiger partial charge in [0.2, 0.25) is 15.9 Å². The minimum Gasteiger partial charge on any atom is -0.486 e. The van der Waals surface area contributed by atoms with Crippen molar-refractivity contribution >= 4 is 27.3 Å². The van der Waals surface area contributed by atoms with Crippen LogP contribution in [0.2, 0.25) is 0 Å². The predicted octanol–water partition coefficient (Wildman–Crippen LogP) is 2.01. The van der Waals surface area contributed by atoms with E-state index in [2.05, 4.69) is 5.32 Å². The number of benzene rings is 2. The molecule has 0 radical (unpaired) electrons. The van der Waals surface area contributed by atoms with Crippen molar-refractivity contribution in [3.63, 3.8) is 0 Å². The summed E-state index contributed by atoms with van der Waals surface area (Å²) < 4.78 is 36.3. The van der Waals surface area contributed by atoms with Crippen molar-refractivity contribution in [1.29, 1.82) is 0 Å². The van der Waals surface area contributed by atoms with E-state index in [9.17, 15) is 23.3 Å². The van der Waals surface area contributed by atoms with Gasteiger partial charge in [-0.3, -0.25) is 19.2 Å². The van der Waals surface area contributed by atoms with Gasteiger partial charge in [0.25, 0.3) is 5.69 Å². The maximum atomic E-state index is 12.6. The smallest absolute Gasteiger partial charge is 0.271 e. The number of hydrogen-bond acceptors (Lipinski definition) is 7. The highest BCUT2D eigenvalue weighted by atomic mass is 32.2. The molecule has 1 aliphatic heterocycles. The molecule has 11 heteroatoms. The van der Waals surface area contributed by atoms with Gasteiger partial charge in [-0.15, -0.1) is 0 Å². The van der Waals surface area contributed by atoms with E-state index >= 15 is 0 Å². The second-order valence-corrected chi connectivity index (χ2v) is 8.65. The summed E-state index contributed by atoms with van der Waals surface area (Å²) in [6.45, 7) is 2.14. The molecule has 2 aromatic rings. The summed E-state index contributed by atoms with van der Waals surface area (Å²) in [5.74, 6) is 0.640. The Morgan fingerprint density at radius 3 is 2.57 bits per heavy atom. The Morgan fingerprint density at radius 1 is 1.20 bits per heavy atom. The quantitative estimate of drug-likeness (QED) is 0.520. The van der Waals surface area contributed by atoms with Crippen LogP contribution in [0.15, 0.2) is 42.5 Å². The van der Waals surface area contributed by atoms with Crippen LogP contribution in [0.1, 0.15) is 18.5 Å². The molecular formula is C19H21N3O7S. The molecule has 160 valence electrons. The number of non-ortho nitro benzene ring substituents is 1. The summed E-state index contributed by atoms with van der Waals surface area (Å²) in [5, 5.41) is 13.7. The highest BCUT2D eigenvalue weighted by molar-refractivity contribution is 7.92. The third kappa shape index (κ3) is 4.98. The summed E-state index contributed by atoms with van der Waals surface area (Å²) in [4.78, 5) is 22.9. The number of nitrogens with one attached hydrogen (secondary N) is 1. The molecule has 30 heavy (non-hydrogen) atoms. The van der Waals surface area contributed by atoms with E-state index in [1.165, 1.54) is 18.2 Å². The van der Waals surface area contributed by atoms with Crippen LogP contribution in [0, 0.1) is 10.1 Å². The fourth-order valence-corrected chi connectivity index (χ4v) is 3.84. The summed E-state index contributed by atoms with van der Waals surface area (Å²) >= 11 is 0. The Labute approximate surface area is 173 Å². The van der Waals surface area contributed by atoms with Gasteiger partial charge in [-0.05, 0) is 30.7 Å². The molecule has 0 aromatic heterocycles. The van der Waals surface area contributed by atoms with Crippen LogP contribution in [0.25, 0.3) is 0 Å². The second kappa shape index (κ2) is 8.57. The zero-order valence-corrected chi connectivity index (χ0v) is 17.2. The van der Waals surface area contributed by atoms with Crippen molar-refractivity contribution < 1.29 is 27.6 Å². The fraction of sp³-hybridized carbons (Fsp3) is 0.316. The summed E-state index contributed by atoms with van der Waals surface area (Å²) in [7, 11) is -3.85. The molecule has 3 rings (SSSR count). The first-order chi connectivity index (χ1) is 14.1. The van der Waals surface area contributed by atoms with Crippen molar-refractivity contribution in [3.8, 4) is 11.5 Å². The number of ether oxygens (including phenoxy) is 2. The second-order valence-electron chi connectivity index (χ2n) is 6.74. The number of nitro groups is 1. The number of carbonyl (C=O) groups excluding carboxylic acids is 1. The van der Waals surface area contributed by atoms with Crippen LogP contribution in [-0.4, -0.2) is 45.3 Å². The highest BCUT2D eigenvalue weighted by Gasteiger charge is 2.24. The molecule has 1 amide bonds. The average molecular weight is 435 g/mol. The van der Waals surface area contributed by atoms with E-state index in [-0.39, 0.29) is 11.4 Å². The van der Waals surface area contributed by atoms with Gasteiger partial charge in [0.15, 0.2) is 11.5 Å². The molecule has 0 saturated heterocycles. The van der Waals surface area contributed by atoms with E-state index in [0.29, 0.717) is 24.7 Å². The van der Waals surface area contributed by atoms with Gasteiger partial charge >= 0.3 is 0 Å². The zero-order valence-electron chi connectivity index (χ0n) is 16.4. The van der Waals surface area contributed by atoms with Crippen LogP contribution in [-0.2, 0) is 14.8 Å². The summed E-state index contributed by atoms with van der Waals surface area (Å²) in [6, 6.07) is 9.97. The number of hydrogen-bond donors (Lipinski definition) is 1. The highest BCUT2D eigenvalue weighted by Crippen LogP contribution is 2.32. The topological polar surface area (TPSA) is 128 Å². The lowest BCUT2D eigenvalue weighted by Crippen LogP contribution is -2.41. The van der Waals surface area contributed by atoms with E-state index in [1.54, 1.807) is 25.1 Å². The molecule has 10 nitrogen and oxygen atoms in total. The van der Waals surface area contributed by atoms with Crippen LogP contribution in [0.5, 0.6) is 11.5 Å². The van der Waals surface area contributed by atoms with Gasteiger partial charge in [-0.2, -0.15) is 0 Å². The molecule has 0 spiro atoms. The number of anilines is 1. The molecule has 0 aliphatic carbocycles. The number of nitro benzene ring substituents is 1. The lowest BCUT2D eigenvalue weighted by atomic mass is 10.1. The van der Waals surface area contributed by atoms with Gasteiger partial charge in [0.05, 0.1) is 22.9 Å². The average Bonchev–Trinajstić information content (AvgIpc) is 2.70. The fourth-order valence-electron chi connectivity index (χ4n) is 2.99. The predicted molar refractivity (Wildman–Crippen MR) is 109 cm³/mol. The summed E-state index contributed by atoms with van der Waals surface area (Å²) in [6.07, 6.45) is 0.934. The van der Waals surface area contributed by atoms with Crippen molar-refractivity contribution in [3.05, 3.63) is 58.1 Å². The Kier molecular flexibility index (Phi) is 6.11. The Balaban J connectivity index is 1.75. The number of carbonyl (C=O) groups is 1. The maximum Gasteiger partial charge on any atom is 0.271 e. The Hall–Kier alpha value is -3.34. The van der Waals surface area contributed by atoms with E-state index in [0.717, 1.165) is 22.2 Å². The lowest BCUT2D eigenvalue weighted by Gasteiger charge is -2.24. The normalized spacial score (nSPS) is 13.9. The molecule has 1 N–H and O–H groups in total. The Morgan fingerprint density at radius 2 is 1.90 bits per heavy atom. The summed E-state index contributed by atoms with van der Waals surface area (Å²) in [5.41, 5.74) is 0.522. The van der Waals surface area contributed by atoms with Gasteiger partial charge in [-0.25, -0.2) is 8.42 Å².